The van der Waals surface area contributed by atoms with Crippen molar-refractivity contribution in [3.63, 3.8) is 0 Å². The number of rotatable bonds is 4. The molecule has 1 saturated heterocycles. The van der Waals surface area contributed by atoms with Gasteiger partial charge < -0.3 is 4.74 Å². The van der Waals surface area contributed by atoms with Gasteiger partial charge in [-0.25, -0.2) is 8.42 Å². The summed E-state index contributed by atoms with van der Waals surface area (Å²) in [5, 5.41) is 0.376. The highest BCUT2D eigenvalue weighted by molar-refractivity contribution is 7.89. The van der Waals surface area contributed by atoms with Crippen molar-refractivity contribution in [3.05, 3.63) is 28.3 Å². The molecule has 0 aliphatic carbocycles. The maximum Gasteiger partial charge on any atom is 0.243 e. The summed E-state index contributed by atoms with van der Waals surface area (Å²) in [7, 11) is -2.02. The maximum absolute atomic E-state index is 12.7. The SMILES string of the molecule is Cc1c(CCl)cc(Cl)cc1S(=O)(=O)N(C)C1CCOC1. The van der Waals surface area contributed by atoms with Crippen molar-refractivity contribution in [2.24, 2.45) is 0 Å². The Morgan fingerprint density at radius 3 is 2.70 bits per heavy atom. The summed E-state index contributed by atoms with van der Waals surface area (Å²) in [5.74, 6) is 0.227. The monoisotopic (exact) mass is 337 g/mol. The van der Waals surface area contributed by atoms with Crippen molar-refractivity contribution in [1.29, 1.82) is 0 Å². The minimum absolute atomic E-state index is 0.127. The average Bonchev–Trinajstić information content (AvgIpc) is 2.93. The van der Waals surface area contributed by atoms with Crippen LogP contribution in [0.5, 0.6) is 0 Å². The third-order valence-corrected chi connectivity index (χ3v) is 6.20. The predicted octanol–water partition coefficient (Wildman–Crippen LogP) is 2.80. The lowest BCUT2D eigenvalue weighted by Gasteiger charge is -2.24. The Morgan fingerprint density at radius 2 is 2.15 bits per heavy atom. The molecule has 1 aliphatic rings. The molecule has 0 N–H and O–H groups in total. The molecule has 0 spiro atoms. The van der Waals surface area contributed by atoms with E-state index in [2.05, 4.69) is 0 Å². The Hall–Kier alpha value is -0.330. The van der Waals surface area contributed by atoms with Crippen LogP contribution in [-0.4, -0.2) is 39.0 Å². The Labute approximate surface area is 129 Å². The summed E-state index contributed by atoms with van der Waals surface area (Å²) < 4.78 is 32.1. The van der Waals surface area contributed by atoms with E-state index in [-0.39, 0.29) is 16.8 Å². The fourth-order valence-corrected chi connectivity index (χ4v) is 4.52. The Morgan fingerprint density at radius 1 is 1.45 bits per heavy atom. The molecular formula is C13H17Cl2NO3S. The van der Waals surface area contributed by atoms with Crippen LogP contribution < -0.4 is 0 Å². The van der Waals surface area contributed by atoms with Gasteiger partial charge in [0.25, 0.3) is 0 Å². The zero-order valence-electron chi connectivity index (χ0n) is 11.4. The fraction of sp³-hybridized carbons (Fsp3) is 0.538. The van der Waals surface area contributed by atoms with Crippen molar-refractivity contribution in [3.8, 4) is 0 Å². The highest BCUT2D eigenvalue weighted by Crippen LogP contribution is 2.29. The van der Waals surface area contributed by atoms with Gasteiger partial charge in [0.15, 0.2) is 0 Å². The summed E-state index contributed by atoms with van der Waals surface area (Å²) in [6.45, 7) is 2.77. The fourth-order valence-electron chi connectivity index (χ4n) is 2.28. The van der Waals surface area contributed by atoms with Gasteiger partial charge in [-0.3, -0.25) is 0 Å². The Bertz CT molecular complexity index is 598. The lowest BCUT2D eigenvalue weighted by Crippen LogP contribution is -2.37. The molecule has 0 bridgehead atoms. The van der Waals surface area contributed by atoms with E-state index in [9.17, 15) is 8.42 Å². The van der Waals surface area contributed by atoms with Gasteiger partial charge in [-0.1, -0.05) is 11.6 Å². The molecule has 1 aliphatic heterocycles. The molecule has 1 aromatic rings. The van der Waals surface area contributed by atoms with Crippen LogP contribution in [0.25, 0.3) is 0 Å². The number of hydrogen-bond acceptors (Lipinski definition) is 3. The van der Waals surface area contributed by atoms with E-state index in [0.29, 0.717) is 30.2 Å². The summed E-state index contributed by atoms with van der Waals surface area (Å²) >= 11 is 11.9. The number of hydrogen-bond donors (Lipinski definition) is 0. The molecule has 0 saturated carbocycles. The molecule has 1 atom stereocenters. The summed E-state index contributed by atoms with van der Waals surface area (Å²) in [5.41, 5.74) is 1.38. The first-order valence-electron chi connectivity index (χ1n) is 6.28. The van der Waals surface area contributed by atoms with Gasteiger partial charge in [0.2, 0.25) is 10.0 Å². The van der Waals surface area contributed by atoms with Crippen molar-refractivity contribution < 1.29 is 13.2 Å². The number of alkyl halides is 1. The Balaban J connectivity index is 2.45. The minimum atomic E-state index is -3.60. The van der Waals surface area contributed by atoms with Crippen molar-refractivity contribution >= 4 is 33.2 Å². The number of likely N-dealkylation sites (N-methyl/N-ethyl adjacent to an activating group) is 1. The van der Waals surface area contributed by atoms with E-state index in [4.69, 9.17) is 27.9 Å². The second-order valence-electron chi connectivity index (χ2n) is 4.86. The Kier molecular flexibility index (Phi) is 4.97. The third kappa shape index (κ3) is 2.97. The summed E-state index contributed by atoms with van der Waals surface area (Å²) in [6.07, 6.45) is 0.706. The van der Waals surface area contributed by atoms with Crippen LogP contribution in [0, 0.1) is 6.92 Å². The first-order valence-corrected chi connectivity index (χ1v) is 8.64. The largest absolute Gasteiger partial charge is 0.380 e. The molecule has 1 fully saturated rings. The number of nitrogens with zero attached hydrogens (tertiary/aromatic N) is 1. The van der Waals surface area contributed by atoms with Gasteiger partial charge in [0.1, 0.15) is 0 Å². The van der Waals surface area contributed by atoms with E-state index in [0.717, 1.165) is 5.56 Å². The van der Waals surface area contributed by atoms with Crippen molar-refractivity contribution in [2.45, 2.75) is 30.2 Å². The third-order valence-electron chi connectivity index (χ3n) is 3.65. The first kappa shape index (κ1) is 16.0. The van der Waals surface area contributed by atoms with Gasteiger partial charge in [-0.15, -0.1) is 11.6 Å². The van der Waals surface area contributed by atoms with Crippen LogP contribution in [0.1, 0.15) is 17.5 Å². The molecule has 1 heterocycles. The first-order chi connectivity index (χ1) is 9.37. The van der Waals surface area contributed by atoms with E-state index in [1.54, 1.807) is 20.0 Å². The van der Waals surface area contributed by atoms with E-state index in [1.165, 1.54) is 10.4 Å². The molecule has 0 amide bonds. The van der Waals surface area contributed by atoms with Gasteiger partial charge in [-0.05, 0) is 36.6 Å². The molecule has 1 aromatic carbocycles. The van der Waals surface area contributed by atoms with Crippen LogP contribution in [0.15, 0.2) is 17.0 Å². The maximum atomic E-state index is 12.7. The van der Waals surface area contributed by atoms with Crippen LogP contribution in [0.3, 0.4) is 0 Å². The summed E-state index contributed by atoms with van der Waals surface area (Å²) in [6, 6.07) is 3.05. The molecule has 4 nitrogen and oxygen atoms in total. The van der Waals surface area contributed by atoms with Gasteiger partial charge >= 0.3 is 0 Å². The van der Waals surface area contributed by atoms with Crippen LogP contribution in [-0.2, 0) is 20.6 Å². The van der Waals surface area contributed by atoms with Crippen LogP contribution in [0.2, 0.25) is 5.02 Å². The standard InChI is InChI=1S/C13H17Cl2NO3S/c1-9-10(7-14)5-11(15)6-13(9)20(17,18)16(2)12-3-4-19-8-12/h5-6,12H,3-4,7-8H2,1-2H3. The number of benzene rings is 1. The molecule has 0 aromatic heterocycles. The average molecular weight is 338 g/mol. The molecule has 2 rings (SSSR count). The number of sulfonamides is 1. The van der Waals surface area contributed by atoms with Crippen molar-refractivity contribution in [1.82, 2.24) is 4.31 Å². The van der Waals surface area contributed by atoms with Crippen molar-refractivity contribution in [2.75, 3.05) is 20.3 Å². The number of halogens is 2. The van der Waals surface area contributed by atoms with E-state index >= 15 is 0 Å². The van der Waals surface area contributed by atoms with Gasteiger partial charge in [-0.2, -0.15) is 4.31 Å². The second kappa shape index (κ2) is 6.20. The van der Waals surface area contributed by atoms with Gasteiger partial charge in [0, 0.05) is 24.6 Å². The smallest absolute Gasteiger partial charge is 0.243 e. The lowest BCUT2D eigenvalue weighted by molar-refractivity contribution is 0.181. The predicted molar refractivity (Wildman–Crippen MR) is 79.9 cm³/mol. The molecule has 1 unspecified atom stereocenters. The van der Waals surface area contributed by atoms with Crippen LogP contribution >= 0.6 is 23.2 Å². The number of ether oxygens (including phenoxy) is 1. The highest BCUT2D eigenvalue weighted by atomic mass is 35.5. The van der Waals surface area contributed by atoms with Gasteiger partial charge in [0.05, 0.1) is 17.5 Å². The normalized spacial score (nSPS) is 19.8. The van der Waals surface area contributed by atoms with E-state index in [1.807, 2.05) is 0 Å². The second-order valence-corrected chi connectivity index (χ2v) is 7.53. The van der Waals surface area contributed by atoms with Crippen LogP contribution in [0.4, 0.5) is 0 Å². The molecule has 20 heavy (non-hydrogen) atoms. The molecular weight excluding hydrogens is 321 g/mol. The minimum Gasteiger partial charge on any atom is -0.380 e. The van der Waals surface area contributed by atoms with E-state index < -0.39 is 10.0 Å². The zero-order chi connectivity index (χ0) is 14.9. The summed E-state index contributed by atoms with van der Waals surface area (Å²) in [4.78, 5) is 0.218. The molecule has 0 radical (unpaired) electrons. The topological polar surface area (TPSA) is 46.6 Å². The highest BCUT2D eigenvalue weighted by Gasteiger charge is 2.32. The quantitative estimate of drug-likeness (QED) is 0.793. The molecule has 112 valence electrons. The zero-order valence-corrected chi connectivity index (χ0v) is 13.7. The molecule has 7 heteroatoms. The lowest BCUT2D eigenvalue weighted by atomic mass is 10.1.